The van der Waals surface area contributed by atoms with Gasteiger partial charge in [-0.15, -0.1) is 0 Å². The van der Waals surface area contributed by atoms with Crippen LogP contribution in [0.15, 0.2) is 48.5 Å². The van der Waals surface area contributed by atoms with E-state index >= 15 is 0 Å². The molecule has 0 bridgehead atoms. The van der Waals surface area contributed by atoms with Crippen LogP contribution in [0.2, 0.25) is 0 Å². The standard InChI is InChI=1S/C23H19F2N3O2/c24-23(25)28-19-12-6-5-11-18(19)27-20(28)13-30-22(29)21-14-7-1-3-9-16(14)26-17-10-4-2-8-15(17)21/h1,3,5-7,9,11-12,23H,2,4,8,10,13H2. The second kappa shape index (κ2) is 7.48. The molecule has 2 aromatic heterocycles. The van der Waals surface area contributed by atoms with Crippen molar-refractivity contribution in [2.45, 2.75) is 38.8 Å². The van der Waals surface area contributed by atoms with Gasteiger partial charge >= 0.3 is 12.5 Å². The van der Waals surface area contributed by atoms with Gasteiger partial charge in [0, 0.05) is 11.1 Å². The lowest BCUT2D eigenvalue weighted by Crippen LogP contribution is -2.16. The van der Waals surface area contributed by atoms with E-state index in [-0.39, 0.29) is 12.4 Å². The van der Waals surface area contributed by atoms with E-state index in [0.29, 0.717) is 16.6 Å². The van der Waals surface area contributed by atoms with Crippen LogP contribution in [-0.2, 0) is 24.2 Å². The first-order valence-electron chi connectivity index (χ1n) is 9.95. The molecule has 0 unspecified atom stereocenters. The third-order valence-electron chi connectivity index (χ3n) is 5.57. The zero-order valence-corrected chi connectivity index (χ0v) is 16.1. The minimum Gasteiger partial charge on any atom is -0.454 e. The van der Waals surface area contributed by atoms with Gasteiger partial charge in [-0.2, -0.15) is 8.78 Å². The molecule has 0 saturated heterocycles. The highest BCUT2D eigenvalue weighted by molar-refractivity contribution is 6.05. The van der Waals surface area contributed by atoms with E-state index in [9.17, 15) is 13.6 Å². The van der Waals surface area contributed by atoms with Crippen molar-refractivity contribution in [1.82, 2.24) is 14.5 Å². The second-order valence-corrected chi connectivity index (χ2v) is 7.38. The lowest BCUT2D eigenvalue weighted by molar-refractivity contribution is 0.0388. The Kier molecular flexibility index (Phi) is 4.65. The van der Waals surface area contributed by atoms with Crippen LogP contribution in [0, 0.1) is 0 Å². The summed E-state index contributed by atoms with van der Waals surface area (Å²) in [4.78, 5) is 22.1. The van der Waals surface area contributed by atoms with Gasteiger partial charge in [0.15, 0.2) is 5.82 Å². The topological polar surface area (TPSA) is 57.0 Å². The molecule has 0 radical (unpaired) electrons. The number of esters is 1. The van der Waals surface area contributed by atoms with Crippen molar-refractivity contribution >= 4 is 27.9 Å². The number of aryl methyl sites for hydroxylation is 1. The first-order valence-corrected chi connectivity index (χ1v) is 9.95. The molecule has 5 nitrogen and oxygen atoms in total. The molecule has 1 aliphatic rings. The number of fused-ring (bicyclic) bond motifs is 3. The van der Waals surface area contributed by atoms with E-state index < -0.39 is 12.5 Å². The maximum absolute atomic E-state index is 13.6. The summed E-state index contributed by atoms with van der Waals surface area (Å²) < 4.78 is 33.6. The summed E-state index contributed by atoms with van der Waals surface area (Å²) in [5, 5.41) is 0.727. The summed E-state index contributed by atoms with van der Waals surface area (Å²) in [6, 6.07) is 14.1. The molecule has 0 amide bonds. The number of imidazole rings is 1. The SMILES string of the molecule is O=C(OCc1nc2ccccc2n1C(F)F)c1c2c(nc3ccccc13)CCCC2. The summed E-state index contributed by atoms with van der Waals surface area (Å²) in [6.45, 7) is -3.11. The molecule has 2 heterocycles. The smallest absolute Gasteiger partial charge is 0.339 e. The molecule has 7 heteroatoms. The van der Waals surface area contributed by atoms with Crippen LogP contribution in [0.5, 0.6) is 0 Å². The third kappa shape index (κ3) is 3.10. The minimum absolute atomic E-state index is 0.0202. The van der Waals surface area contributed by atoms with Crippen LogP contribution < -0.4 is 0 Å². The molecule has 2 aromatic carbocycles. The Morgan fingerprint density at radius 1 is 1.00 bits per heavy atom. The summed E-state index contributed by atoms with van der Waals surface area (Å²) in [5.74, 6) is -0.508. The number of pyridine rings is 1. The Morgan fingerprint density at radius 2 is 1.73 bits per heavy atom. The molecule has 30 heavy (non-hydrogen) atoms. The van der Waals surface area contributed by atoms with E-state index in [1.165, 1.54) is 0 Å². The number of hydrogen-bond donors (Lipinski definition) is 0. The van der Waals surface area contributed by atoms with Crippen molar-refractivity contribution in [1.29, 1.82) is 0 Å². The minimum atomic E-state index is -2.78. The molecule has 0 fully saturated rings. The van der Waals surface area contributed by atoms with E-state index in [1.807, 2.05) is 24.3 Å². The van der Waals surface area contributed by atoms with Crippen molar-refractivity contribution in [3.8, 4) is 0 Å². The summed E-state index contributed by atoms with van der Waals surface area (Å²) in [5.41, 5.74) is 3.82. The zero-order chi connectivity index (χ0) is 20.7. The van der Waals surface area contributed by atoms with E-state index in [0.717, 1.165) is 52.4 Å². The van der Waals surface area contributed by atoms with Crippen LogP contribution in [0.3, 0.4) is 0 Å². The van der Waals surface area contributed by atoms with Crippen molar-refractivity contribution < 1.29 is 18.3 Å². The van der Waals surface area contributed by atoms with E-state index in [2.05, 4.69) is 4.98 Å². The highest BCUT2D eigenvalue weighted by Crippen LogP contribution is 2.30. The third-order valence-corrected chi connectivity index (χ3v) is 5.57. The zero-order valence-electron chi connectivity index (χ0n) is 16.1. The van der Waals surface area contributed by atoms with Gasteiger partial charge in [0.25, 0.3) is 0 Å². The number of carbonyl (C=O) groups is 1. The fourth-order valence-corrected chi connectivity index (χ4v) is 4.22. The predicted octanol–water partition coefficient (Wildman–Crippen LogP) is 5.22. The number of alkyl halides is 2. The summed E-state index contributed by atoms with van der Waals surface area (Å²) >= 11 is 0. The number of rotatable bonds is 4. The van der Waals surface area contributed by atoms with Crippen LogP contribution in [0.4, 0.5) is 8.78 Å². The number of para-hydroxylation sites is 3. The number of halogens is 2. The van der Waals surface area contributed by atoms with Gasteiger partial charge < -0.3 is 4.74 Å². The lowest BCUT2D eigenvalue weighted by Gasteiger charge is -2.20. The van der Waals surface area contributed by atoms with Gasteiger partial charge in [-0.3, -0.25) is 9.55 Å². The molecule has 1 aliphatic carbocycles. The molecule has 4 aromatic rings. The highest BCUT2D eigenvalue weighted by Gasteiger charge is 2.25. The molecular weight excluding hydrogens is 388 g/mol. The van der Waals surface area contributed by atoms with Crippen LogP contribution >= 0.6 is 0 Å². The largest absolute Gasteiger partial charge is 0.454 e. The number of aromatic nitrogens is 3. The number of nitrogens with zero attached hydrogens (tertiary/aromatic N) is 3. The Balaban J connectivity index is 1.52. The summed E-state index contributed by atoms with van der Waals surface area (Å²) in [7, 11) is 0. The monoisotopic (exact) mass is 407 g/mol. The van der Waals surface area contributed by atoms with Gasteiger partial charge in [-0.25, -0.2) is 9.78 Å². The molecule has 0 spiro atoms. The Labute approximate surface area is 171 Å². The van der Waals surface area contributed by atoms with Gasteiger partial charge in [0.1, 0.15) is 6.61 Å². The molecular formula is C23H19F2N3O2. The molecule has 152 valence electrons. The fourth-order valence-electron chi connectivity index (χ4n) is 4.22. The average Bonchev–Trinajstić information content (AvgIpc) is 3.14. The average molecular weight is 407 g/mol. The predicted molar refractivity (Wildman–Crippen MR) is 108 cm³/mol. The molecule has 0 aliphatic heterocycles. The Bertz CT molecular complexity index is 1270. The maximum atomic E-state index is 13.6. The maximum Gasteiger partial charge on any atom is 0.339 e. The molecule has 0 atom stereocenters. The number of benzene rings is 2. The fraction of sp³-hybridized carbons (Fsp3) is 0.261. The quantitative estimate of drug-likeness (QED) is 0.436. The van der Waals surface area contributed by atoms with Crippen LogP contribution in [0.1, 0.15) is 46.8 Å². The molecule has 0 saturated carbocycles. The van der Waals surface area contributed by atoms with E-state index in [1.54, 1.807) is 24.3 Å². The normalized spacial score (nSPS) is 13.7. The first kappa shape index (κ1) is 18.7. The van der Waals surface area contributed by atoms with Crippen molar-refractivity contribution in [3.63, 3.8) is 0 Å². The second-order valence-electron chi connectivity index (χ2n) is 7.38. The van der Waals surface area contributed by atoms with Crippen molar-refractivity contribution in [2.75, 3.05) is 0 Å². The number of hydrogen-bond acceptors (Lipinski definition) is 4. The van der Waals surface area contributed by atoms with Gasteiger partial charge in [0.2, 0.25) is 0 Å². The first-order chi connectivity index (χ1) is 14.6. The number of ether oxygens (including phenoxy) is 1. The highest BCUT2D eigenvalue weighted by atomic mass is 19.3. The Hall–Kier alpha value is -3.35. The van der Waals surface area contributed by atoms with Crippen molar-refractivity contribution in [3.05, 3.63) is 71.2 Å². The van der Waals surface area contributed by atoms with Crippen molar-refractivity contribution in [2.24, 2.45) is 0 Å². The summed E-state index contributed by atoms with van der Waals surface area (Å²) in [6.07, 6.45) is 3.59. The van der Waals surface area contributed by atoms with Crippen LogP contribution in [-0.4, -0.2) is 20.5 Å². The van der Waals surface area contributed by atoms with E-state index in [4.69, 9.17) is 9.72 Å². The van der Waals surface area contributed by atoms with Gasteiger partial charge in [-0.1, -0.05) is 30.3 Å². The van der Waals surface area contributed by atoms with Gasteiger partial charge in [0.05, 0.1) is 22.1 Å². The number of carbonyl (C=O) groups excluding carboxylic acids is 1. The lowest BCUT2D eigenvalue weighted by atomic mass is 9.90. The Morgan fingerprint density at radius 3 is 2.57 bits per heavy atom. The molecule has 0 N–H and O–H groups in total. The molecule has 5 rings (SSSR count). The van der Waals surface area contributed by atoms with Gasteiger partial charge in [-0.05, 0) is 49.4 Å². The van der Waals surface area contributed by atoms with Crippen LogP contribution in [0.25, 0.3) is 21.9 Å².